The molecule has 1 aromatic carbocycles. The van der Waals surface area contributed by atoms with Crippen LogP contribution in [0, 0.1) is 17.2 Å². The van der Waals surface area contributed by atoms with Gasteiger partial charge in [0.05, 0.1) is 18.4 Å². The predicted octanol–water partition coefficient (Wildman–Crippen LogP) is 1.70. The Kier molecular flexibility index (Phi) is 3.83. The van der Waals surface area contributed by atoms with Gasteiger partial charge in [-0.25, -0.2) is 0 Å². The van der Waals surface area contributed by atoms with E-state index in [1.165, 1.54) is 0 Å². The Labute approximate surface area is 106 Å². The summed E-state index contributed by atoms with van der Waals surface area (Å²) >= 11 is 0. The van der Waals surface area contributed by atoms with Gasteiger partial charge in [0.25, 0.3) is 0 Å². The Morgan fingerprint density at radius 3 is 3.11 bits per heavy atom. The second-order valence-electron chi connectivity index (χ2n) is 4.65. The molecule has 1 amide bonds. The molecule has 18 heavy (non-hydrogen) atoms. The molecule has 1 fully saturated rings. The third-order valence-corrected chi connectivity index (χ3v) is 3.22. The molecule has 94 valence electrons. The molecule has 1 aliphatic heterocycles. The van der Waals surface area contributed by atoms with E-state index in [0.717, 1.165) is 24.9 Å². The van der Waals surface area contributed by atoms with Crippen LogP contribution in [-0.2, 0) is 11.2 Å². The zero-order chi connectivity index (χ0) is 13.0. The Morgan fingerprint density at radius 2 is 2.39 bits per heavy atom. The quantitative estimate of drug-likeness (QED) is 0.861. The minimum atomic E-state index is -0.0353. The summed E-state index contributed by atoms with van der Waals surface area (Å²) in [6.45, 7) is 1.27. The molecule has 0 saturated carbocycles. The van der Waals surface area contributed by atoms with E-state index in [9.17, 15) is 9.90 Å². The summed E-state index contributed by atoms with van der Waals surface area (Å²) in [4.78, 5) is 13.8. The van der Waals surface area contributed by atoms with Crippen LogP contribution in [0.3, 0.4) is 0 Å². The number of carbonyl (C=O) groups is 1. The number of phenols is 1. The van der Waals surface area contributed by atoms with Crippen LogP contribution in [0.25, 0.3) is 0 Å². The van der Waals surface area contributed by atoms with Crippen LogP contribution in [-0.4, -0.2) is 29.0 Å². The maximum Gasteiger partial charge on any atom is 0.227 e. The van der Waals surface area contributed by atoms with Crippen LogP contribution in [0.15, 0.2) is 24.3 Å². The van der Waals surface area contributed by atoms with Crippen molar-refractivity contribution in [2.24, 2.45) is 5.92 Å². The zero-order valence-electron chi connectivity index (χ0n) is 10.2. The lowest BCUT2D eigenvalue weighted by Gasteiger charge is -2.29. The number of nitrogens with zero attached hydrogens (tertiary/aromatic N) is 2. The van der Waals surface area contributed by atoms with Crippen molar-refractivity contribution in [2.75, 3.05) is 13.1 Å². The summed E-state index contributed by atoms with van der Waals surface area (Å²) in [5, 5.41) is 18.2. The van der Waals surface area contributed by atoms with Crippen molar-refractivity contribution in [1.29, 1.82) is 5.26 Å². The van der Waals surface area contributed by atoms with E-state index in [-0.39, 0.29) is 24.0 Å². The Hall–Kier alpha value is -2.02. The van der Waals surface area contributed by atoms with E-state index in [2.05, 4.69) is 6.07 Å². The fraction of sp³-hybridized carbons (Fsp3) is 0.429. The summed E-state index contributed by atoms with van der Waals surface area (Å²) < 4.78 is 0. The minimum Gasteiger partial charge on any atom is -0.508 e. The maximum atomic E-state index is 12.1. The monoisotopic (exact) mass is 244 g/mol. The van der Waals surface area contributed by atoms with E-state index in [1.807, 2.05) is 6.07 Å². The lowest BCUT2D eigenvalue weighted by Crippen LogP contribution is -2.40. The zero-order valence-corrected chi connectivity index (χ0v) is 10.2. The average Bonchev–Trinajstić information content (AvgIpc) is 2.39. The van der Waals surface area contributed by atoms with Gasteiger partial charge < -0.3 is 10.0 Å². The molecule has 0 spiro atoms. The first-order valence-corrected chi connectivity index (χ1v) is 6.14. The third kappa shape index (κ3) is 3.01. The Bertz CT molecular complexity index is 479. The molecule has 0 bridgehead atoms. The molecule has 2 rings (SSSR count). The van der Waals surface area contributed by atoms with Crippen molar-refractivity contribution in [1.82, 2.24) is 4.90 Å². The second-order valence-corrected chi connectivity index (χ2v) is 4.65. The van der Waals surface area contributed by atoms with Crippen LogP contribution in [0.1, 0.15) is 18.4 Å². The molecule has 1 saturated heterocycles. The highest BCUT2D eigenvalue weighted by molar-refractivity contribution is 5.79. The van der Waals surface area contributed by atoms with Crippen molar-refractivity contribution in [2.45, 2.75) is 19.3 Å². The fourth-order valence-corrected chi connectivity index (χ4v) is 2.26. The number of benzene rings is 1. The smallest absolute Gasteiger partial charge is 0.227 e. The Morgan fingerprint density at radius 1 is 1.56 bits per heavy atom. The van der Waals surface area contributed by atoms with Crippen molar-refractivity contribution >= 4 is 5.91 Å². The van der Waals surface area contributed by atoms with Gasteiger partial charge in [0.1, 0.15) is 5.75 Å². The van der Waals surface area contributed by atoms with E-state index in [0.29, 0.717) is 6.54 Å². The van der Waals surface area contributed by atoms with Crippen LogP contribution >= 0.6 is 0 Å². The fourth-order valence-electron chi connectivity index (χ4n) is 2.26. The molecule has 1 atom stereocenters. The standard InChI is InChI=1S/C14H16N2O2/c15-9-12-4-2-6-16(10-12)14(18)8-11-3-1-5-13(17)7-11/h1,3,5,7,12,17H,2,4,6,8,10H2. The molecule has 0 radical (unpaired) electrons. The van der Waals surface area contributed by atoms with Gasteiger partial charge >= 0.3 is 0 Å². The van der Waals surface area contributed by atoms with Gasteiger partial charge in [0.15, 0.2) is 0 Å². The van der Waals surface area contributed by atoms with Gasteiger partial charge in [-0.1, -0.05) is 12.1 Å². The number of aromatic hydroxyl groups is 1. The van der Waals surface area contributed by atoms with Crippen LogP contribution in [0.4, 0.5) is 0 Å². The number of carbonyl (C=O) groups excluding carboxylic acids is 1. The number of nitriles is 1. The van der Waals surface area contributed by atoms with Crippen LogP contribution in [0.5, 0.6) is 5.75 Å². The molecule has 1 heterocycles. The average molecular weight is 244 g/mol. The van der Waals surface area contributed by atoms with Gasteiger partial charge in [-0.3, -0.25) is 4.79 Å². The molecule has 1 aliphatic rings. The topological polar surface area (TPSA) is 64.3 Å². The second kappa shape index (κ2) is 5.54. The highest BCUT2D eigenvalue weighted by atomic mass is 16.3. The van der Waals surface area contributed by atoms with Gasteiger partial charge in [-0.15, -0.1) is 0 Å². The molecule has 4 nitrogen and oxygen atoms in total. The molecule has 0 aromatic heterocycles. The number of rotatable bonds is 2. The van der Waals surface area contributed by atoms with Crippen molar-refractivity contribution in [3.05, 3.63) is 29.8 Å². The van der Waals surface area contributed by atoms with Crippen LogP contribution < -0.4 is 0 Å². The molecule has 0 aliphatic carbocycles. The van der Waals surface area contributed by atoms with E-state index in [4.69, 9.17) is 5.26 Å². The van der Waals surface area contributed by atoms with E-state index in [1.54, 1.807) is 23.1 Å². The van der Waals surface area contributed by atoms with E-state index >= 15 is 0 Å². The van der Waals surface area contributed by atoms with E-state index < -0.39 is 0 Å². The number of hydrogen-bond acceptors (Lipinski definition) is 3. The van der Waals surface area contributed by atoms with Gasteiger partial charge in [-0.05, 0) is 30.5 Å². The number of amides is 1. The molecular weight excluding hydrogens is 228 g/mol. The normalized spacial score (nSPS) is 19.3. The van der Waals surface area contributed by atoms with Crippen molar-refractivity contribution in [3.63, 3.8) is 0 Å². The SMILES string of the molecule is N#CC1CCCN(C(=O)Cc2cccc(O)c2)C1. The first kappa shape index (κ1) is 12.4. The number of phenolic OH excluding ortho intramolecular Hbond substituents is 1. The molecule has 1 unspecified atom stereocenters. The first-order valence-electron chi connectivity index (χ1n) is 6.14. The minimum absolute atomic E-state index is 0.0283. The highest BCUT2D eigenvalue weighted by Gasteiger charge is 2.23. The predicted molar refractivity (Wildman–Crippen MR) is 66.7 cm³/mol. The Balaban J connectivity index is 1.98. The van der Waals surface area contributed by atoms with Crippen molar-refractivity contribution in [3.8, 4) is 11.8 Å². The summed E-state index contributed by atoms with van der Waals surface area (Å²) in [6, 6.07) is 8.96. The van der Waals surface area contributed by atoms with Gasteiger partial charge in [0.2, 0.25) is 5.91 Å². The molecule has 1 N–H and O–H groups in total. The lowest BCUT2D eigenvalue weighted by atomic mass is 9.99. The van der Waals surface area contributed by atoms with Crippen molar-refractivity contribution < 1.29 is 9.90 Å². The summed E-state index contributed by atoms with van der Waals surface area (Å²) in [7, 11) is 0. The molecule has 1 aromatic rings. The largest absolute Gasteiger partial charge is 0.508 e. The van der Waals surface area contributed by atoms with Gasteiger partial charge in [-0.2, -0.15) is 5.26 Å². The van der Waals surface area contributed by atoms with Crippen LogP contribution in [0.2, 0.25) is 0 Å². The summed E-state index contributed by atoms with van der Waals surface area (Å²) in [6.07, 6.45) is 2.06. The molecule has 4 heteroatoms. The summed E-state index contributed by atoms with van der Waals surface area (Å²) in [5.74, 6) is 0.168. The summed E-state index contributed by atoms with van der Waals surface area (Å²) in [5.41, 5.74) is 0.805. The third-order valence-electron chi connectivity index (χ3n) is 3.22. The molecular formula is C14H16N2O2. The number of hydrogen-bond donors (Lipinski definition) is 1. The van der Waals surface area contributed by atoms with Gasteiger partial charge in [0, 0.05) is 13.1 Å². The number of likely N-dealkylation sites (tertiary alicyclic amines) is 1. The lowest BCUT2D eigenvalue weighted by molar-refractivity contribution is -0.131. The first-order chi connectivity index (χ1) is 8.69. The highest BCUT2D eigenvalue weighted by Crippen LogP contribution is 2.17. The number of piperidine rings is 1. The maximum absolute atomic E-state index is 12.1.